The number of aromatic carboxylic acids is 1. The number of hydrogen-bond acceptors (Lipinski definition) is 4. The summed E-state index contributed by atoms with van der Waals surface area (Å²) in [4.78, 5) is 24.7. The number of carbonyl (C=O) groups excluding carboxylic acids is 1. The molecule has 0 bridgehead atoms. The molecule has 108 valence electrons. The zero-order valence-electron chi connectivity index (χ0n) is 11.4. The van der Waals surface area contributed by atoms with Gasteiger partial charge < -0.3 is 10.0 Å². The number of benzene rings is 1. The monoisotopic (exact) mass is 286 g/mol. The summed E-state index contributed by atoms with van der Waals surface area (Å²) in [5.74, 6) is -1.12. The minimum absolute atomic E-state index is 0.0145. The van der Waals surface area contributed by atoms with E-state index in [1.54, 1.807) is 11.0 Å². The van der Waals surface area contributed by atoms with E-state index in [0.29, 0.717) is 18.7 Å². The van der Waals surface area contributed by atoms with Crippen LogP contribution in [0.4, 0.5) is 0 Å². The van der Waals surface area contributed by atoms with Crippen molar-refractivity contribution < 1.29 is 14.7 Å². The molecule has 1 fully saturated rings. The second-order valence-corrected chi connectivity index (χ2v) is 5.12. The molecule has 1 aromatic carbocycles. The van der Waals surface area contributed by atoms with Crippen LogP contribution >= 0.6 is 0 Å². The van der Waals surface area contributed by atoms with Crippen LogP contribution in [-0.2, 0) is 0 Å². The van der Waals surface area contributed by atoms with Gasteiger partial charge in [-0.2, -0.15) is 0 Å². The highest BCUT2D eigenvalue weighted by Crippen LogP contribution is 2.22. The maximum atomic E-state index is 12.3. The summed E-state index contributed by atoms with van der Waals surface area (Å²) in [6.45, 7) is 2.96. The molecule has 0 radical (unpaired) electrons. The van der Waals surface area contributed by atoms with E-state index < -0.39 is 5.97 Å². The summed E-state index contributed by atoms with van der Waals surface area (Å²) in [6.07, 6.45) is 1.39. The number of hydrogen-bond donors (Lipinski definition) is 1. The van der Waals surface area contributed by atoms with Gasteiger partial charge in [0.05, 0.1) is 12.2 Å². The predicted octanol–water partition coefficient (Wildman–Crippen LogP) is 0.982. The van der Waals surface area contributed by atoms with E-state index in [1.165, 1.54) is 10.9 Å². The van der Waals surface area contributed by atoms with E-state index in [0.717, 1.165) is 5.56 Å². The molecule has 7 nitrogen and oxygen atoms in total. The molecule has 1 aliphatic heterocycles. The smallest absolute Gasteiger partial charge is 0.358 e. The van der Waals surface area contributed by atoms with Crippen molar-refractivity contribution in [2.24, 2.45) is 0 Å². The van der Waals surface area contributed by atoms with Gasteiger partial charge in [-0.05, 0) is 19.1 Å². The molecule has 0 aliphatic carbocycles. The van der Waals surface area contributed by atoms with Crippen LogP contribution < -0.4 is 0 Å². The van der Waals surface area contributed by atoms with Crippen molar-refractivity contribution in [2.75, 3.05) is 13.1 Å². The molecule has 1 aromatic heterocycles. The molecule has 2 heterocycles. The maximum Gasteiger partial charge on any atom is 0.358 e. The Labute approximate surface area is 120 Å². The van der Waals surface area contributed by atoms with E-state index in [4.69, 9.17) is 5.11 Å². The molecule has 0 atom stereocenters. The van der Waals surface area contributed by atoms with Crippen LogP contribution in [0.5, 0.6) is 0 Å². The van der Waals surface area contributed by atoms with Crippen molar-refractivity contribution in [3.8, 4) is 0 Å². The van der Waals surface area contributed by atoms with Crippen LogP contribution in [0.15, 0.2) is 30.5 Å². The van der Waals surface area contributed by atoms with E-state index in [2.05, 4.69) is 10.3 Å². The van der Waals surface area contributed by atoms with Gasteiger partial charge in [0.15, 0.2) is 5.69 Å². The van der Waals surface area contributed by atoms with Gasteiger partial charge in [-0.25, -0.2) is 9.48 Å². The Kier molecular flexibility index (Phi) is 3.17. The predicted molar refractivity (Wildman–Crippen MR) is 73.1 cm³/mol. The highest BCUT2D eigenvalue weighted by Gasteiger charge is 2.33. The third-order valence-corrected chi connectivity index (χ3v) is 3.52. The van der Waals surface area contributed by atoms with Crippen LogP contribution in [0, 0.1) is 6.92 Å². The molecule has 7 heteroatoms. The van der Waals surface area contributed by atoms with Gasteiger partial charge >= 0.3 is 5.97 Å². The minimum atomic E-state index is -1.10. The SMILES string of the molecule is Cc1cccc(C(=O)N2CC(n3cc(C(=O)O)nn3)C2)c1. The third kappa shape index (κ3) is 2.49. The summed E-state index contributed by atoms with van der Waals surface area (Å²) >= 11 is 0. The number of likely N-dealkylation sites (tertiary alicyclic amines) is 1. The lowest BCUT2D eigenvalue weighted by molar-refractivity contribution is 0.0497. The Bertz CT molecular complexity index is 704. The Balaban J connectivity index is 1.65. The first-order valence-corrected chi connectivity index (χ1v) is 6.55. The summed E-state index contributed by atoms with van der Waals surface area (Å²) in [5.41, 5.74) is 1.62. The van der Waals surface area contributed by atoms with Crippen molar-refractivity contribution in [1.82, 2.24) is 19.9 Å². The van der Waals surface area contributed by atoms with Crippen LogP contribution in [0.1, 0.15) is 32.5 Å². The Morgan fingerprint density at radius 1 is 1.33 bits per heavy atom. The number of carboxylic acids is 1. The molecule has 1 amide bonds. The lowest BCUT2D eigenvalue weighted by Crippen LogP contribution is -2.50. The third-order valence-electron chi connectivity index (χ3n) is 3.52. The van der Waals surface area contributed by atoms with E-state index in [9.17, 15) is 9.59 Å². The quantitative estimate of drug-likeness (QED) is 0.908. The molecule has 21 heavy (non-hydrogen) atoms. The summed E-state index contributed by atoms with van der Waals surface area (Å²) in [5, 5.41) is 16.2. The molecule has 0 saturated carbocycles. The summed E-state index contributed by atoms with van der Waals surface area (Å²) < 4.78 is 1.50. The van der Waals surface area contributed by atoms with Crippen LogP contribution in [0.2, 0.25) is 0 Å². The van der Waals surface area contributed by atoms with Gasteiger partial charge in [-0.15, -0.1) is 5.10 Å². The molecule has 0 unspecified atom stereocenters. The van der Waals surface area contributed by atoms with Gasteiger partial charge in [-0.3, -0.25) is 4.79 Å². The zero-order valence-corrected chi connectivity index (χ0v) is 11.4. The average molecular weight is 286 g/mol. The number of nitrogens with zero attached hydrogens (tertiary/aromatic N) is 4. The van der Waals surface area contributed by atoms with Gasteiger partial charge in [-0.1, -0.05) is 22.9 Å². The second-order valence-electron chi connectivity index (χ2n) is 5.12. The standard InChI is InChI=1S/C14H14N4O3/c1-9-3-2-4-10(5-9)13(19)17-6-11(7-17)18-8-12(14(20)21)15-16-18/h2-5,8,11H,6-7H2,1H3,(H,20,21). The van der Waals surface area contributed by atoms with Crippen molar-refractivity contribution in [3.63, 3.8) is 0 Å². The molecule has 0 spiro atoms. The first-order chi connectivity index (χ1) is 10.0. The van der Waals surface area contributed by atoms with E-state index >= 15 is 0 Å². The summed E-state index contributed by atoms with van der Waals surface area (Å²) in [7, 11) is 0. The highest BCUT2D eigenvalue weighted by molar-refractivity contribution is 5.95. The number of carboxylic acid groups (broad SMARTS) is 1. The lowest BCUT2D eigenvalue weighted by atomic mass is 10.1. The fraction of sp³-hybridized carbons (Fsp3) is 0.286. The molecule has 1 N–H and O–H groups in total. The summed E-state index contributed by atoms with van der Waals surface area (Å²) in [6, 6.07) is 7.43. The van der Waals surface area contributed by atoms with Crippen molar-refractivity contribution >= 4 is 11.9 Å². The number of aromatic nitrogens is 3. The minimum Gasteiger partial charge on any atom is -0.476 e. The van der Waals surface area contributed by atoms with E-state index in [1.807, 2.05) is 25.1 Å². The first-order valence-electron chi connectivity index (χ1n) is 6.55. The Morgan fingerprint density at radius 2 is 2.10 bits per heavy atom. The maximum absolute atomic E-state index is 12.3. The zero-order chi connectivity index (χ0) is 15.0. The molecule has 2 aromatic rings. The number of amides is 1. The molecular formula is C14H14N4O3. The molecule has 1 saturated heterocycles. The van der Waals surface area contributed by atoms with Gasteiger partial charge in [0, 0.05) is 18.7 Å². The Morgan fingerprint density at radius 3 is 2.71 bits per heavy atom. The van der Waals surface area contributed by atoms with Gasteiger partial charge in [0.1, 0.15) is 0 Å². The number of aryl methyl sites for hydroxylation is 1. The average Bonchev–Trinajstić information content (AvgIpc) is 2.86. The van der Waals surface area contributed by atoms with Crippen molar-refractivity contribution in [3.05, 3.63) is 47.3 Å². The molecular weight excluding hydrogens is 272 g/mol. The molecule has 3 rings (SSSR count). The fourth-order valence-electron chi connectivity index (χ4n) is 2.30. The van der Waals surface area contributed by atoms with Crippen LogP contribution in [0.3, 0.4) is 0 Å². The van der Waals surface area contributed by atoms with Crippen molar-refractivity contribution in [2.45, 2.75) is 13.0 Å². The van der Waals surface area contributed by atoms with Gasteiger partial charge in [0.2, 0.25) is 0 Å². The molecule has 1 aliphatic rings. The highest BCUT2D eigenvalue weighted by atomic mass is 16.4. The van der Waals surface area contributed by atoms with Crippen LogP contribution in [0.25, 0.3) is 0 Å². The van der Waals surface area contributed by atoms with Crippen LogP contribution in [-0.4, -0.2) is 50.0 Å². The second kappa shape index (κ2) is 5.01. The number of rotatable bonds is 3. The number of carbonyl (C=O) groups is 2. The first kappa shape index (κ1) is 13.3. The van der Waals surface area contributed by atoms with Crippen molar-refractivity contribution in [1.29, 1.82) is 0 Å². The lowest BCUT2D eigenvalue weighted by Gasteiger charge is -2.38. The van der Waals surface area contributed by atoms with Gasteiger partial charge in [0.25, 0.3) is 5.91 Å². The normalized spacial score (nSPS) is 14.8. The Hall–Kier alpha value is -2.70. The topological polar surface area (TPSA) is 88.3 Å². The largest absolute Gasteiger partial charge is 0.476 e. The van der Waals surface area contributed by atoms with E-state index in [-0.39, 0.29) is 17.6 Å². The fourth-order valence-corrected chi connectivity index (χ4v) is 2.30.